The van der Waals surface area contributed by atoms with E-state index in [4.69, 9.17) is 0 Å². The van der Waals surface area contributed by atoms with Crippen molar-refractivity contribution in [2.24, 2.45) is 0 Å². The summed E-state index contributed by atoms with van der Waals surface area (Å²) >= 11 is 0. The number of para-hydroxylation sites is 2. The van der Waals surface area contributed by atoms with Crippen molar-refractivity contribution >= 4 is 23.0 Å². The summed E-state index contributed by atoms with van der Waals surface area (Å²) in [5.41, 5.74) is 5.77. The molecule has 0 amide bonds. The van der Waals surface area contributed by atoms with Gasteiger partial charge in [-0.05, 0) is 62.4 Å². The number of hydrogen-bond donors (Lipinski definition) is 0. The zero-order chi connectivity index (χ0) is 25.2. The molecule has 0 fully saturated rings. The number of rotatable bonds is 6. The minimum absolute atomic E-state index is 0.127. The van der Waals surface area contributed by atoms with E-state index in [1.807, 2.05) is 99.0 Å². The fourth-order valence-corrected chi connectivity index (χ4v) is 4.48. The highest BCUT2D eigenvalue weighted by molar-refractivity contribution is 5.79. The highest BCUT2D eigenvalue weighted by atomic mass is 16.2. The molecule has 5 aromatic rings. The molecule has 36 heavy (non-hydrogen) atoms. The molecule has 0 saturated carbocycles. The van der Waals surface area contributed by atoms with E-state index in [1.54, 1.807) is 9.13 Å². The Hall–Kier alpha value is -4.51. The van der Waals surface area contributed by atoms with Crippen molar-refractivity contribution in [3.8, 4) is 11.4 Å². The van der Waals surface area contributed by atoms with Crippen molar-refractivity contribution in [2.75, 3.05) is 23.9 Å². The standard InChI is InChI=1S/C31H30N4O/c1-23-15-19-27(20-16-23)34-29(32(3)25-11-7-5-8-12-25)30(33(4)26-13-9-6-10-14-26)35(31(34)36)28-21-17-24(2)18-22-28/h5-22H,1-4H3. The fourth-order valence-electron chi connectivity index (χ4n) is 4.48. The Morgan fingerprint density at radius 1 is 0.500 bits per heavy atom. The highest BCUT2D eigenvalue weighted by Crippen LogP contribution is 2.38. The zero-order valence-electron chi connectivity index (χ0n) is 21.1. The van der Waals surface area contributed by atoms with Crippen LogP contribution in [0, 0.1) is 13.8 Å². The van der Waals surface area contributed by atoms with Crippen molar-refractivity contribution in [1.29, 1.82) is 0 Å². The lowest BCUT2D eigenvalue weighted by Crippen LogP contribution is -2.24. The molecule has 0 N–H and O–H groups in total. The summed E-state index contributed by atoms with van der Waals surface area (Å²) in [6.07, 6.45) is 0. The van der Waals surface area contributed by atoms with Gasteiger partial charge in [-0.25, -0.2) is 13.9 Å². The van der Waals surface area contributed by atoms with Crippen LogP contribution < -0.4 is 15.5 Å². The molecule has 0 bridgehead atoms. The van der Waals surface area contributed by atoms with Crippen molar-refractivity contribution in [3.63, 3.8) is 0 Å². The predicted molar refractivity (Wildman–Crippen MR) is 150 cm³/mol. The first kappa shape index (κ1) is 23.2. The van der Waals surface area contributed by atoms with Gasteiger partial charge in [0.15, 0.2) is 11.6 Å². The third kappa shape index (κ3) is 4.20. The van der Waals surface area contributed by atoms with Crippen LogP contribution in [0.3, 0.4) is 0 Å². The SMILES string of the molecule is Cc1ccc(-n2c(N(C)c3ccccc3)c(N(C)c3ccccc3)n(-c3ccc(C)cc3)c2=O)cc1. The molecule has 180 valence electrons. The molecule has 0 unspecified atom stereocenters. The minimum atomic E-state index is -0.127. The number of benzene rings is 4. The van der Waals surface area contributed by atoms with E-state index in [0.717, 1.165) is 45.5 Å². The molecule has 5 nitrogen and oxygen atoms in total. The molecular formula is C31H30N4O. The van der Waals surface area contributed by atoms with Gasteiger partial charge in [0, 0.05) is 25.5 Å². The zero-order valence-corrected chi connectivity index (χ0v) is 21.1. The summed E-state index contributed by atoms with van der Waals surface area (Å²) in [4.78, 5) is 18.5. The largest absolute Gasteiger partial charge is 0.340 e. The highest BCUT2D eigenvalue weighted by Gasteiger charge is 2.28. The average molecular weight is 475 g/mol. The van der Waals surface area contributed by atoms with Gasteiger partial charge in [-0.2, -0.15) is 0 Å². The van der Waals surface area contributed by atoms with Crippen LogP contribution >= 0.6 is 0 Å². The third-order valence-corrected chi connectivity index (χ3v) is 6.51. The number of anilines is 4. The Balaban J connectivity index is 1.88. The Kier molecular flexibility index (Phi) is 6.21. The van der Waals surface area contributed by atoms with Gasteiger partial charge < -0.3 is 9.80 Å². The third-order valence-electron chi connectivity index (χ3n) is 6.51. The molecular weight excluding hydrogens is 444 g/mol. The van der Waals surface area contributed by atoms with Crippen molar-refractivity contribution in [1.82, 2.24) is 9.13 Å². The summed E-state index contributed by atoms with van der Waals surface area (Å²) in [7, 11) is 4.02. The van der Waals surface area contributed by atoms with E-state index in [0.29, 0.717) is 0 Å². The molecule has 5 rings (SSSR count). The van der Waals surface area contributed by atoms with Gasteiger partial charge in [0.25, 0.3) is 0 Å². The van der Waals surface area contributed by atoms with E-state index >= 15 is 0 Å². The van der Waals surface area contributed by atoms with Gasteiger partial charge in [-0.15, -0.1) is 0 Å². The second-order valence-corrected chi connectivity index (χ2v) is 9.06. The summed E-state index contributed by atoms with van der Waals surface area (Å²) in [6.45, 7) is 4.10. The lowest BCUT2D eigenvalue weighted by atomic mass is 10.2. The molecule has 1 heterocycles. The molecule has 5 heteroatoms. The summed E-state index contributed by atoms with van der Waals surface area (Å²) in [5, 5.41) is 0. The normalized spacial score (nSPS) is 10.9. The topological polar surface area (TPSA) is 33.4 Å². The van der Waals surface area contributed by atoms with Crippen molar-refractivity contribution in [2.45, 2.75) is 13.8 Å². The summed E-state index contributed by atoms with van der Waals surface area (Å²) in [5.74, 6) is 1.56. The van der Waals surface area contributed by atoms with Crippen LogP contribution in [0.15, 0.2) is 114 Å². The second-order valence-electron chi connectivity index (χ2n) is 9.06. The van der Waals surface area contributed by atoms with Crippen LogP contribution in [-0.4, -0.2) is 23.2 Å². The van der Waals surface area contributed by atoms with Crippen LogP contribution in [0.1, 0.15) is 11.1 Å². The van der Waals surface area contributed by atoms with Gasteiger partial charge >= 0.3 is 5.69 Å². The van der Waals surface area contributed by atoms with Crippen LogP contribution in [-0.2, 0) is 0 Å². The van der Waals surface area contributed by atoms with Crippen LogP contribution in [0.5, 0.6) is 0 Å². The molecule has 0 aliphatic carbocycles. The monoisotopic (exact) mass is 474 g/mol. The maximum atomic E-state index is 14.3. The van der Waals surface area contributed by atoms with Crippen LogP contribution in [0.2, 0.25) is 0 Å². The molecule has 1 aromatic heterocycles. The van der Waals surface area contributed by atoms with Crippen molar-refractivity contribution < 1.29 is 0 Å². The molecule has 0 radical (unpaired) electrons. The van der Waals surface area contributed by atoms with E-state index in [-0.39, 0.29) is 5.69 Å². The number of hydrogen-bond acceptors (Lipinski definition) is 3. The Morgan fingerprint density at radius 3 is 1.17 bits per heavy atom. The van der Waals surface area contributed by atoms with Crippen molar-refractivity contribution in [3.05, 3.63) is 131 Å². The fraction of sp³-hybridized carbons (Fsp3) is 0.129. The van der Waals surface area contributed by atoms with Crippen LogP contribution in [0.25, 0.3) is 11.4 Å². The Bertz CT molecular complexity index is 1400. The van der Waals surface area contributed by atoms with E-state index in [9.17, 15) is 4.79 Å². The Morgan fingerprint density at radius 2 is 0.833 bits per heavy atom. The quantitative estimate of drug-likeness (QED) is 0.272. The maximum absolute atomic E-state index is 14.3. The Labute approximate surface area is 212 Å². The van der Waals surface area contributed by atoms with E-state index < -0.39 is 0 Å². The molecule has 0 saturated heterocycles. The van der Waals surface area contributed by atoms with E-state index in [2.05, 4.69) is 47.9 Å². The molecule has 4 aromatic carbocycles. The summed E-state index contributed by atoms with van der Waals surface area (Å²) < 4.78 is 3.61. The van der Waals surface area contributed by atoms with Gasteiger partial charge in [-0.1, -0.05) is 71.8 Å². The molecule has 0 aliphatic rings. The van der Waals surface area contributed by atoms with Gasteiger partial charge in [0.05, 0.1) is 11.4 Å². The number of aromatic nitrogens is 2. The maximum Gasteiger partial charge on any atom is 0.340 e. The van der Waals surface area contributed by atoms with E-state index in [1.165, 1.54) is 0 Å². The summed E-state index contributed by atoms with van der Waals surface area (Å²) in [6, 6.07) is 36.4. The van der Waals surface area contributed by atoms with Gasteiger partial charge in [0.1, 0.15) is 0 Å². The van der Waals surface area contributed by atoms with Crippen LogP contribution in [0.4, 0.5) is 23.0 Å². The lowest BCUT2D eigenvalue weighted by molar-refractivity contribution is 0.896. The predicted octanol–water partition coefficient (Wildman–Crippen LogP) is 6.78. The second kappa shape index (κ2) is 9.62. The van der Waals surface area contributed by atoms with Gasteiger partial charge in [-0.3, -0.25) is 0 Å². The first-order valence-corrected chi connectivity index (χ1v) is 12.0. The smallest absolute Gasteiger partial charge is 0.327 e. The minimum Gasteiger partial charge on any atom is -0.327 e. The molecule has 0 atom stereocenters. The molecule has 0 spiro atoms. The molecule has 0 aliphatic heterocycles. The first-order valence-electron chi connectivity index (χ1n) is 12.0. The number of nitrogens with zero attached hydrogens (tertiary/aromatic N) is 4. The van der Waals surface area contributed by atoms with Gasteiger partial charge in [0.2, 0.25) is 0 Å². The number of imidazole rings is 1. The lowest BCUT2D eigenvalue weighted by Gasteiger charge is -2.27. The average Bonchev–Trinajstić information content (AvgIpc) is 3.22. The number of aryl methyl sites for hydroxylation is 2. The first-order chi connectivity index (χ1) is 17.5.